The number of ether oxygens (including phenoxy) is 1. The van der Waals surface area contributed by atoms with Gasteiger partial charge in [0.2, 0.25) is 0 Å². The van der Waals surface area contributed by atoms with Crippen molar-refractivity contribution >= 4 is 11.9 Å². The molecule has 1 aromatic rings. The van der Waals surface area contributed by atoms with Crippen molar-refractivity contribution in [2.75, 3.05) is 13.1 Å². The minimum Gasteiger partial charge on any atom is -0.444 e. The van der Waals surface area contributed by atoms with Crippen LogP contribution in [0.3, 0.4) is 0 Å². The SMILES string of the molecule is Cn1ccnc1CCC(=O)C1CCN(C(=O)OC(C)(C)C)C1. The molecule has 2 rings (SSSR count). The second-order valence-corrected chi connectivity index (χ2v) is 6.83. The van der Waals surface area contributed by atoms with Gasteiger partial charge >= 0.3 is 6.09 Å². The first-order valence-electron chi connectivity index (χ1n) is 7.73. The summed E-state index contributed by atoms with van der Waals surface area (Å²) in [6.45, 7) is 6.59. The molecule has 1 fully saturated rings. The number of carbonyl (C=O) groups excluding carboxylic acids is 2. The number of Topliss-reactive ketones (excluding diaryl/α,β-unsaturated/α-hetero) is 1. The third-order valence-corrected chi connectivity index (χ3v) is 3.81. The van der Waals surface area contributed by atoms with Crippen LogP contribution in [0.1, 0.15) is 39.4 Å². The third-order valence-electron chi connectivity index (χ3n) is 3.81. The molecule has 22 heavy (non-hydrogen) atoms. The molecule has 0 N–H and O–H groups in total. The lowest BCUT2D eigenvalue weighted by molar-refractivity contribution is -0.122. The highest BCUT2D eigenvalue weighted by atomic mass is 16.6. The van der Waals surface area contributed by atoms with Crippen molar-refractivity contribution < 1.29 is 14.3 Å². The fraction of sp³-hybridized carbons (Fsp3) is 0.688. The van der Waals surface area contributed by atoms with E-state index in [4.69, 9.17) is 4.74 Å². The summed E-state index contributed by atoms with van der Waals surface area (Å²) in [5.41, 5.74) is -0.503. The van der Waals surface area contributed by atoms with Crippen molar-refractivity contribution in [3.63, 3.8) is 0 Å². The Morgan fingerprint density at radius 2 is 2.14 bits per heavy atom. The molecule has 0 spiro atoms. The molecule has 1 amide bonds. The van der Waals surface area contributed by atoms with E-state index in [0.29, 0.717) is 25.9 Å². The second kappa shape index (κ2) is 6.50. The molecule has 122 valence electrons. The highest BCUT2D eigenvalue weighted by molar-refractivity contribution is 5.82. The fourth-order valence-corrected chi connectivity index (χ4v) is 2.59. The highest BCUT2D eigenvalue weighted by Gasteiger charge is 2.33. The first kappa shape index (κ1) is 16.5. The topological polar surface area (TPSA) is 64.4 Å². The van der Waals surface area contributed by atoms with Gasteiger partial charge in [-0.2, -0.15) is 0 Å². The van der Waals surface area contributed by atoms with Gasteiger partial charge in [0.15, 0.2) is 0 Å². The number of amides is 1. The van der Waals surface area contributed by atoms with Crippen LogP contribution in [-0.4, -0.2) is 45.0 Å². The summed E-state index contributed by atoms with van der Waals surface area (Å²) in [4.78, 5) is 30.1. The first-order chi connectivity index (χ1) is 10.3. The summed E-state index contributed by atoms with van der Waals surface area (Å²) in [5.74, 6) is 1.04. The Kier molecular flexibility index (Phi) is 4.88. The molecular formula is C16H25N3O3. The van der Waals surface area contributed by atoms with E-state index in [1.54, 1.807) is 11.1 Å². The number of aryl methyl sites for hydroxylation is 2. The standard InChI is InChI=1S/C16H25N3O3/c1-16(2,3)22-15(21)19-9-7-12(11-19)13(20)5-6-14-17-8-10-18(14)4/h8,10,12H,5-7,9,11H2,1-4H3. The Morgan fingerprint density at radius 3 is 2.73 bits per heavy atom. The Hall–Kier alpha value is -1.85. The molecule has 1 aromatic heterocycles. The number of carbonyl (C=O) groups is 2. The predicted molar refractivity (Wildman–Crippen MR) is 82.5 cm³/mol. The summed E-state index contributed by atoms with van der Waals surface area (Å²) < 4.78 is 7.27. The normalized spacial score (nSPS) is 18.5. The van der Waals surface area contributed by atoms with E-state index < -0.39 is 5.60 Å². The molecule has 0 radical (unpaired) electrons. The molecule has 1 unspecified atom stereocenters. The Morgan fingerprint density at radius 1 is 1.41 bits per heavy atom. The van der Waals surface area contributed by atoms with E-state index >= 15 is 0 Å². The molecule has 1 aliphatic heterocycles. The summed E-state index contributed by atoms with van der Waals surface area (Å²) >= 11 is 0. The number of hydrogen-bond donors (Lipinski definition) is 0. The molecule has 6 nitrogen and oxygen atoms in total. The number of aromatic nitrogens is 2. The highest BCUT2D eigenvalue weighted by Crippen LogP contribution is 2.21. The maximum absolute atomic E-state index is 12.3. The van der Waals surface area contributed by atoms with Crippen LogP contribution in [-0.2, 0) is 23.0 Å². The van der Waals surface area contributed by atoms with Gasteiger partial charge in [0.1, 0.15) is 17.2 Å². The monoisotopic (exact) mass is 307 g/mol. The quantitative estimate of drug-likeness (QED) is 0.855. The van der Waals surface area contributed by atoms with Crippen LogP contribution in [0.4, 0.5) is 4.79 Å². The van der Waals surface area contributed by atoms with Crippen LogP contribution in [0.25, 0.3) is 0 Å². The van der Waals surface area contributed by atoms with Gasteiger partial charge in [-0.3, -0.25) is 4.79 Å². The Bertz CT molecular complexity index is 545. The van der Waals surface area contributed by atoms with Gasteiger partial charge in [0.05, 0.1) is 0 Å². The smallest absolute Gasteiger partial charge is 0.410 e. The van der Waals surface area contributed by atoms with E-state index in [1.165, 1.54) is 0 Å². The van der Waals surface area contributed by atoms with Gasteiger partial charge in [-0.15, -0.1) is 0 Å². The van der Waals surface area contributed by atoms with Gasteiger partial charge in [-0.05, 0) is 27.2 Å². The van der Waals surface area contributed by atoms with Gasteiger partial charge < -0.3 is 14.2 Å². The third kappa shape index (κ3) is 4.32. The zero-order valence-electron chi connectivity index (χ0n) is 13.8. The molecule has 0 bridgehead atoms. The van der Waals surface area contributed by atoms with Crippen molar-refractivity contribution in [1.29, 1.82) is 0 Å². The van der Waals surface area contributed by atoms with Crippen LogP contribution < -0.4 is 0 Å². The van der Waals surface area contributed by atoms with Crippen LogP contribution in [0, 0.1) is 5.92 Å². The van der Waals surface area contributed by atoms with Gasteiger partial charge in [-0.25, -0.2) is 9.78 Å². The molecule has 0 aromatic carbocycles. The fourth-order valence-electron chi connectivity index (χ4n) is 2.59. The van der Waals surface area contributed by atoms with Crippen molar-refractivity contribution in [2.24, 2.45) is 13.0 Å². The molecule has 1 aliphatic rings. The predicted octanol–water partition coefficient (Wildman–Crippen LogP) is 2.18. The molecular weight excluding hydrogens is 282 g/mol. The number of ketones is 1. The van der Waals surface area contributed by atoms with Crippen molar-refractivity contribution in [3.05, 3.63) is 18.2 Å². The maximum atomic E-state index is 12.3. The lowest BCUT2D eigenvalue weighted by Crippen LogP contribution is -2.35. The average Bonchev–Trinajstić information content (AvgIpc) is 3.03. The van der Waals surface area contributed by atoms with Gasteiger partial charge in [0, 0.05) is 51.3 Å². The minimum absolute atomic E-state index is 0.0761. The van der Waals surface area contributed by atoms with E-state index in [2.05, 4.69) is 4.98 Å². The summed E-state index contributed by atoms with van der Waals surface area (Å²) in [5, 5.41) is 0. The number of nitrogens with zero attached hydrogens (tertiary/aromatic N) is 3. The second-order valence-electron chi connectivity index (χ2n) is 6.83. The molecule has 2 heterocycles. The van der Waals surface area contributed by atoms with Crippen molar-refractivity contribution in [1.82, 2.24) is 14.5 Å². The van der Waals surface area contributed by atoms with E-state index in [-0.39, 0.29) is 17.8 Å². The largest absolute Gasteiger partial charge is 0.444 e. The van der Waals surface area contributed by atoms with Crippen molar-refractivity contribution in [3.8, 4) is 0 Å². The van der Waals surface area contributed by atoms with Crippen LogP contribution in [0.2, 0.25) is 0 Å². The lowest BCUT2D eigenvalue weighted by atomic mass is 9.99. The summed E-state index contributed by atoms with van der Waals surface area (Å²) in [7, 11) is 1.92. The molecule has 0 saturated carbocycles. The summed E-state index contributed by atoms with van der Waals surface area (Å²) in [6, 6.07) is 0. The Balaban J connectivity index is 1.81. The number of hydrogen-bond acceptors (Lipinski definition) is 4. The lowest BCUT2D eigenvalue weighted by Gasteiger charge is -2.24. The molecule has 6 heteroatoms. The van der Waals surface area contributed by atoms with E-state index in [1.807, 2.05) is 38.6 Å². The average molecular weight is 307 g/mol. The number of imidazole rings is 1. The van der Waals surface area contributed by atoms with Crippen molar-refractivity contribution in [2.45, 2.75) is 45.6 Å². The van der Waals surface area contributed by atoms with E-state index in [9.17, 15) is 9.59 Å². The van der Waals surface area contributed by atoms with E-state index in [0.717, 1.165) is 12.2 Å². The maximum Gasteiger partial charge on any atom is 0.410 e. The zero-order valence-corrected chi connectivity index (χ0v) is 13.8. The molecule has 1 atom stereocenters. The molecule has 1 saturated heterocycles. The number of rotatable bonds is 4. The summed E-state index contributed by atoms with van der Waals surface area (Å²) in [6.07, 6.45) is 5.12. The minimum atomic E-state index is -0.503. The zero-order chi connectivity index (χ0) is 16.3. The van der Waals surface area contributed by atoms with Gasteiger partial charge in [-0.1, -0.05) is 0 Å². The van der Waals surface area contributed by atoms with Crippen LogP contribution >= 0.6 is 0 Å². The van der Waals surface area contributed by atoms with Gasteiger partial charge in [0.25, 0.3) is 0 Å². The Labute approximate surface area is 131 Å². The molecule has 0 aliphatic carbocycles. The first-order valence-corrected chi connectivity index (χ1v) is 7.73. The van der Waals surface area contributed by atoms with Crippen LogP contribution in [0.15, 0.2) is 12.4 Å². The number of likely N-dealkylation sites (tertiary alicyclic amines) is 1. The van der Waals surface area contributed by atoms with Crippen LogP contribution in [0.5, 0.6) is 0 Å².